The van der Waals surface area contributed by atoms with Crippen LogP contribution < -0.4 is 4.90 Å². The normalized spacial score (nSPS) is 14.7. The van der Waals surface area contributed by atoms with Crippen LogP contribution in [0.3, 0.4) is 0 Å². The minimum atomic E-state index is 0.894. The van der Waals surface area contributed by atoms with Gasteiger partial charge in [-0.1, -0.05) is 26.5 Å². The van der Waals surface area contributed by atoms with Crippen molar-refractivity contribution >= 4 is 16.9 Å². The third-order valence-corrected chi connectivity index (χ3v) is 5.02. The largest absolute Gasteiger partial charge is 0.368 e. The molecule has 0 atom stereocenters. The lowest BCUT2D eigenvalue weighted by Crippen LogP contribution is -2.44. The van der Waals surface area contributed by atoms with Crippen LogP contribution in [0, 0.1) is 13.8 Å². The highest BCUT2D eigenvalue weighted by Crippen LogP contribution is 2.30. The first-order chi connectivity index (χ1) is 13.5. The fourth-order valence-electron chi connectivity index (χ4n) is 3.28. The SMILES string of the molecule is C=C(c1ccc(N=NC)c(C)c1)c1cc(N2CCN(C)CC2)cnc1C.CC. The number of nitrogens with zero attached hydrogens (tertiary/aromatic N) is 5. The highest BCUT2D eigenvalue weighted by atomic mass is 15.2. The van der Waals surface area contributed by atoms with E-state index in [1.165, 1.54) is 5.69 Å². The number of piperazine rings is 1. The molecule has 0 saturated carbocycles. The smallest absolute Gasteiger partial charge is 0.0881 e. The van der Waals surface area contributed by atoms with E-state index in [0.717, 1.165) is 59.8 Å². The number of hydrogen-bond donors (Lipinski definition) is 0. The maximum atomic E-state index is 4.64. The third-order valence-electron chi connectivity index (χ3n) is 5.02. The molecule has 0 aliphatic carbocycles. The first kappa shape index (κ1) is 21.8. The summed E-state index contributed by atoms with van der Waals surface area (Å²) >= 11 is 0. The average molecular weight is 380 g/mol. The Balaban J connectivity index is 0.00000136. The van der Waals surface area contributed by atoms with Crippen LogP contribution in [-0.4, -0.2) is 50.2 Å². The Morgan fingerprint density at radius 2 is 1.75 bits per heavy atom. The zero-order valence-corrected chi connectivity index (χ0v) is 18.2. The van der Waals surface area contributed by atoms with Crippen LogP contribution in [0.2, 0.25) is 0 Å². The average Bonchev–Trinajstić information content (AvgIpc) is 2.72. The lowest BCUT2D eigenvalue weighted by atomic mass is 9.96. The number of azo groups is 1. The van der Waals surface area contributed by atoms with E-state index in [2.05, 4.69) is 56.8 Å². The van der Waals surface area contributed by atoms with Crippen molar-refractivity contribution in [3.05, 3.63) is 59.4 Å². The van der Waals surface area contributed by atoms with E-state index in [9.17, 15) is 0 Å². The van der Waals surface area contributed by atoms with E-state index in [-0.39, 0.29) is 0 Å². The molecule has 2 aromatic rings. The minimum absolute atomic E-state index is 0.894. The van der Waals surface area contributed by atoms with Crippen LogP contribution in [0.1, 0.15) is 36.2 Å². The number of anilines is 1. The van der Waals surface area contributed by atoms with Crippen LogP contribution in [0.5, 0.6) is 0 Å². The summed E-state index contributed by atoms with van der Waals surface area (Å²) in [4.78, 5) is 9.40. The lowest BCUT2D eigenvalue weighted by Gasteiger charge is -2.34. The van der Waals surface area contributed by atoms with Crippen molar-refractivity contribution in [2.45, 2.75) is 27.7 Å². The summed E-state index contributed by atoms with van der Waals surface area (Å²) in [6, 6.07) is 8.40. The fraction of sp³-hybridized carbons (Fsp3) is 0.435. The van der Waals surface area contributed by atoms with Crippen molar-refractivity contribution in [1.29, 1.82) is 0 Å². The van der Waals surface area contributed by atoms with Crippen LogP contribution in [0.25, 0.3) is 5.57 Å². The van der Waals surface area contributed by atoms with Gasteiger partial charge in [-0.15, -0.1) is 0 Å². The van der Waals surface area contributed by atoms with Gasteiger partial charge in [-0.05, 0) is 55.8 Å². The van der Waals surface area contributed by atoms with E-state index in [4.69, 9.17) is 0 Å². The molecule has 0 amide bonds. The molecule has 1 aromatic heterocycles. The number of aromatic nitrogens is 1. The molecule has 28 heavy (non-hydrogen) atoms. The molecule has 0 N–H and O–H groups in total. The van der Waals surface area contributed by atoms with E-state index >= 15 is 0 Å². The summed E-state index contributed by atoms with van der Waals surface area (Å²) in [5.74, 6) is 0. The first-order valence-electron chi connectivity index (χ1n) is 10.00. The van der Waals surface area contributed by atoms with Crippen molar-refractivity contribution in [3.8, 4) is 0 Å². The zero-order chi connectivity index (χ0) is 20.7. The van der Waals surface area contributed by atoms with Gasteiger partial charge in [0.25, 0.3) is 0 Å². The molecule has 0 spiro atoms. The first-order valence-corrected chi connectivity index (χ1v) is 10.00. The van der Waals surface area contributed by atoms with Crippen molar-refractivity contribution in [2.75, 3.05) is 45.2 Å². The van der Waals surface area contributed by atoms with Crippen LogP contribution in [0.4, 0.5) is 11.4 Å². The molecule has 5 nitrogen and oxygen atoms in total. The number of aryl methyl sites for hydroxylation is 2. The predicted molar refractivity (Wildman–Crippen MR) is 120 cm³/mol. The Bertz CT molecular complexity index is 833. The minimum Gasteiger partial charge on any atom is -0.368 e. The lowest BCUT2D eigenvalue weighted by molar-refractivity contribution is 0.313. The second kappa shape index (κ2) is 10.1. The Labute approximate surface area is 169 Å². The summed E-state index contributed by atoms with van der Waals surface area (Å²) in [7, 11) is 3.85. The van der Waals surface area contributed by atoms with Gasteiger partial charge in [0, 0.05) is 44.5 Å². The molecule has 1 saturated heterocycles. The quantitative estimate of drug-likeness (QED) is 0.681. The maximum Gasteiger partial charge on any atom is 0.0881 e. The van der Waals surface area contributed by atoms with Gasteiger partial charge in [0.1, 0.15) is 0 Å². The van der Waals surface area contributed by atoms with Crippen molar-refractivity contribution in [3.63, 3.8) is 0 Å². The number of likely N-dealkylation sites (N-methyl/N-ethyl adjacent to an activating group) is 1. The monoisotopic (exact) mass is 379 g/mol. The topological polar surface area (TPSA) is 44.1 Å². The highest BCUT2D eigenvalue weighted by molar-refractivity contribution is 5.81. The van der Waals surface area contributed by atoms with Crippen LogP contribution in [0.15, 0.2) is 47.3 Å². The van der Waals surface area contributed by atoms with Gasteiger partial charge in [-0.25, -0.2) is 0 Å². The standard InChI is InChI=1S/C21H27N5.C2H6/c1-15-12-18(6-7-21(15)24-22-4)16(2)20-13-19(14-23-17(20)3)26-10-8-25(5)9-11-26;1-2/h6-7,12-14H,2,8-11H2,1,3-5H3;1-2H3. The molecule has 5 heteroatoms. The van der Waals surface area contributed by atoms with Gasteiger partial charge in [0.15, 0.2) is 0 Å². The highest BCUT2D eigenvalue weighted by Gasteiger charge is 2.17. The number of hydrogen-bond acceptors (Lipinski definition) is 5. The summed E-state index contributed by atoms with van der Waals surface area (Å²) in [5, 5.41) is 8.02. The molecule has 150 valence electrons. The zero-order valence-electron chi connectivity index (χ0n) is 18.2. The van der Waals surface area contributed by atoms with E-state index < -0.39 is 0 Å². The summed E-state index contributed by atoms with van der Waals surface area (Å²) in [5.41, 5.74) is 7.36. The maximum absolute atomic E-state index is 4.64. The van der Waals surface area contributed by atoms with E-state index in [1.807, 2.05) is 40.0 Å². The molecular formula is C23H33N5. The van der Waals surface area contributed by atoms with E-state index in [0.29, 0.717) is 0 Å². The van der Waals surface area contributed by atoms with Gasteiger partial charge in [-0.3, -0.25) is 4.98 Å². The van der Waals surface area contributed by atoms with E-state index in [1.54, 1.807) is 7.05 Å². The molecule has 1 aliphatic rings. The Morgan fingerprint density at radius 3 is 2.36 bits per heavy atom. The molecule has 0 radical (unpaired) electrons. The van der Waals surface area contributed by atoms with Gasteiger partial charge < -0.3 is 9.80 Å². The van der Waals surface area contributed by atoms with Crippen molar-refractivity contribution in [2.24, 2.45) is 10.2 Å². The van der Waals surface area contributed by atoms with Gasteiger partial charge in [0.05, 0.1) is 17.6 Å². The second-order valence-corrected chi connectivity index (χ2v) is 6.90. The predicted octanol–water partition coefficient (Wildman–Crippen LogP) is 5.25. The van der Waals surface area contributed by atoms with Crippen LogP contribution in [-0.2, 0) is 0 Å². The number of benzene rings is 1. The molecule has 1 aliphatic heterocycles. The number of pyridine rings is 1. The summed E-state index contributed by atoms with van der Waals surface area (Å²) in [6.07, 6.45) is 1.98. The molecule has 3 rings (SSSR count). The fourth-order valence-corrected chi connectivity index (χ4v) is 3.28. The van der Waals surface area contributed by atoms with Crippen molar-refractivity contribution in [1.82, 2.24) is 9.88 Å². The third kappa shape index (κ3) is 5.04. The van der Waals surface area contributed by atoms with Gasteiger partial charge in [-0.2, -0.15) is 10.2 Å². The van der Waals surface area contributed by atoms with Crippen LogP contribution >= 0.6 is 0 Å². The molecule has 1 aromatic carbocycles. The summed E-state index contributed by atoms with van der Waals surface area (Å²) < 4.78 is 0. The van der Waals surface area contributed by atoms with Gasteiger partial charge >= 0.3 is 0 Å². The van der Waals surface area contributed by atoms with Crippen molar-refractivity contribution < 1.29 is 0 Å². The molecular weight excluding hydrogens is 346 g/mol. The van der Waals surface area contributed by atoms with Gasteiger partial charge in [0.2, 0.25) is 0 Å². The second-order valence-electron chi connectivity index (χ2n) is 6.90. The molecule has 1 fully saturated rings. The Kier molecular flexibility index (Phi) is 7.88. The molecule has 0 unspecified atom stereocenters. The Morgan fingerprint density at radius 1 is 1.07 bits per heavy atom. The Hall–Kier alpha value is -2.53. The molecule has 0 bridgehead atoms. The summed E-state index contributed by atoms with van der Waals surface area (Å²) in [6.45, 7) is 16.7. The molecule has 2 heterocycles. The number of rotatable bonds is 4.